The van der Waals surface area contributed by atoms with Crippen molar-refractivity contribution in [3.8, 4) is 0 Å². The van der Waals surface area contributed by atoms with Crippen LogP contribution < -0.4 is 0 Å². The second-order valence-corrected chi connectivity index (χ2v) is 3.97. The van der Waals surface area contributed by atoms with Gasteiger partial charge < -0.3 is 33.2 Å². The number of ether oxygens (including phenoxy) is 7. The molecule has 0 aromatic rings. The molecule has 0 saturated heterocycles. The van der Waals surface area contributed by atoms with Crippen LogP contribution >= 0.6 is 0 Å². The Morgan fingerprint density at radius 2 is 1.05 bits per heavy atom. The van der Waals surface area contributed by atoms with Crippen molar-refractivity contribution >= 4 is 6.16 Å². The predicted molar refractivity (Wildman–Crippen MR) is 78.1 cm³/mol. The van der Waals surface area contributed by atoms with E-state index in [2.05, 4.69) is 0 Å². The average molecular weight is 324 g/mol. The standard InChI is InChI=1S/C14H28O8/c1-3-17-5-6-18-7-8-19-9-10-20-11-13-22-14(15)21-12-4-16-2/h3-13H2,1-2H3. The molecule has 0 fully saturated rings. The molecule has 0 spiro atoms. The minimum Gasteiger partial charge on any atom is -0.432 e. The molecule has 132 valence electrons. The Labute approximate surface area is 131 Å². The number of hydrogen-bond donors (Lipinski definition) is 0. The molecular weight excluding hydrogens is 296 g/mol. The first kappa shape index (κ1) is 21.1. The molecule has 0 aromatic heterocycles. The van der Waals surface area contributed by atoms with Gasteiger partial charge in [-0.2, -0.15) is 0 Å². The Bertz CT molecular complexity index is 237. The summed E-state index contributed by atoms with van der Waals surface area (Å²) in [7, 11) is 1.53. The average Bonchev–Trinajstić information content (AvgIpc) is 2.52. The third kappa shape index (κ3) is 17.1. The van der Waals surface area contributed by atoms with Gasteiger partial charge in [0.25, 0.3) is 0 Å². The Hall–Kier alpha value is -0.930. The van der Waals surface area contributed by atoms with Gasteiger partial charge in [0.1, 0.15) is 13.2 Å². The van der Waals surface area contributed by atoms with E-state index in [0.29, 0.717) is 59.5 Å². The molecule has 0 aromatic carbocycles. The van der Waals surface area contributed by atoms with Gasteiger partial charge in [0.05, 0.1) is 52.9 Å². The van der Waals surface area contributed by atoms with E-state index in [0.717, 1.165) is 0 Å². The fourth-order valence-corrected chi connectivity index (χ4v) is 1.24. The second-order valence-electron chi connectivity index (χ2n) is 3.97. The quantitative estimate of drug-likeness (QED) is 0.306. The summed E-state index contributed by atoms with van der Waals surface area (Å²) < 4.78 is 35.1. The van der Waals surface area contributed by atoms with Crippen LogP contribution in [0.1, 0.15) is 6.92 Å². The molecule has 0 saturated carbocycles. The van der Waals surface area contributed by atoms with E-state index in [-0.39, 0.29) is 13.2 Å². The summed E-state index contributed by atoms with van der Waals surface area (Å²) in [6.07, 6.45) is -0.721. The Morgan fingerprint density at radius 1 is 0.636 bits per heavy atom. The van der Waals surface area contributed by atoms with Crippen LogP contribution in [-0.4, -0.2) is 85.9 Å². The Kier molecular flexibility index (Phi) is 17.4. The van der Waals surface area contributed by atoms with Gasteiger partial charge in [0.2, 0.25) is 0 Å². The van der Waals surface area contributed by atoms with Gasteiger partial charge in [-0.15, -0.1) is 0 Å². The molecule has 8 heteroatoms. The predicted octanol–water partition coefficient (Wildman–Crippen LogP) is 0.872. The summed E-state index contributed by atoms with van der Waals surface area (Å²) in [6.45, 7) is 6.73. The zero-order chi connectivity index (χ0) is 16.3. The lowest BCUT2D eigenvalue weighted by molar-refractivity contribution is -0.0122. The number of methoxy groups -OCH3 is 1. The fourth-order valence-electron chi connectivity index (χ4n) is 1.24. The molecule has 8 nitrogen and oxygen atoms in total. The maximum atomic E-state index is 11.0. The summed E-state index contributed by atoms with van der Waals surface area (Å²) in [4.78, 5) is 11.0. The Balaban J connectivity index is 3.06. The second kappa shape index (κ2) is 18.1. The minimum absolute atomic E-state index is 0.145. The molecule has 0 aliphatic heterocycles. The molecule has 0 aliphatic carbocycles. The molecule has 0 bridgehead atoms. The normalized spacial score (nSPS) is 10.6. The van der Waals surface area contributed by atoms with Gasteiger partial charge in [-0.3, -0.25) is 0 Å². The van der Waals surface area contributed by atoms with Crippen LogP contribution in [0.15, 0.2) is 0 Å². The van der Waals surface area contributed by atoms with Gasteiger partial charge in [-0.05, 0) is 6.92 Å². The van der Waals surface area contributed by atoms with Gasteiger partial charge in [0, 0.05) is 13.7 Å². The smallest absolute Gasteiger partial charge is 0.432 e. The van der Waals surface area contributed by atoms with E-state index in [1.54, 1.807) is 0 Å². The van der Waals surface area contributed by atoms with Crippen LogP contribution in [0.25, 0.3) is 0 Å². The molecule has 0 N–H and O–H groups in total. The SMILES string of the molecule is CCOCCOCCOCCOCCOC(=O)OCCOC. The van der Waals surface area contributed by atoms with E-state index in [4.69, 9.17) is 33.2 Å². The maximum Gasteiger partial charge on any atom is 0.508 e. The van der Waals surface area contributed by atoms with Crippen molar-refractivity contribution in [2.24, 2.45) is 0 Å². The maximum absolute atomic E-state index is 11.0. The van der Waals surface area contributed by atoms with Crippen molar-refractivity contribution in [3.63, 3.8) is 0 Å². The van der Waals surface area contributed by atoms with E-state index >= 15 is 0 Å². The molecule has 0 radical (unpaired) electrons. The van der Waals surface area contributed by atoms with E-state index in [1.807, 2.05) is 6.92 Å². The molecule has 0 amide bonds. The summed E-state index contributed by atoms with van der Waals surface area (Å²) >= 11 is 0. The van der Waals surface area contributed by atoms with E-state index < -0.39 is 6.16 Å². The van der Waals surface area contributed by atoms with Gasteiger partial charge in [0.15, 0.2) is 0 Å². The van der Waals surface area contributed by atoms with Gasteiger partial charge in [-0.25, -0.2) is 4.79 Å². The summed E-state index contributed by atoms with van der Waals surface area (Å²) in [6, 6.07) is 0. The van der Waals surface area contributed by atoms with Crippen molar-refractivity contribution in [2.45, 2.75) is 6.92 Å². The monoisotopic (exact) mass is 324 g/mol. The largest absolute Gasteiger partial charge is 0.508 e. The van der Waals surface area contributed by atoms with Crippen LogP contribution in [-0.2, 0) is 33.2 Å². The van der Waals surface area contributed by atoms with E-state index in [9.17, 15) is 4.79 Å². The van der Waals surface area contributed by atoms with Crippen LogP contribution in [0, 0.1) is 0 Å². The molecule has 0 rings (SSSR count). The summed E-state index contributed by atoms with van der Waals surface area (Å²) in [5.74, 6) is 0. The number of carbonyl (C=O) groups excluding carboxylic acids is 1. The highest BCUT2D eigenvalue weighted by Crippen LogP contribution is 1.87. The zero-order valence-corrected chi connectivity index (χ0v) is 13.5. The van der Waals surface area contributed by atoms with Crippen LogP contribution in [0.4, 0.5) is 4.79 Å². The number of carbonyl (C=O) groups is 1. The van der Waals surface area contributed by atoms with Crippen LogP contribution in [0.3, 0.4) is 0 Å². The summed E-state index contributed by atoms with van der Waals surface area (Å²) in [5, 5.41) is 0. The Morgan fingerprint density at radius 3 is 1.50 bits per heavy atom. The number of rotatable bonds is 16. The fraction of sp³-hybridized carbons (Fsp3) is 0.929. The first-order valence-corrected chi connectivity index (χ1v) is 7.40. The topological polar surface area (TPSA) is 81.7 Å². The molecule has 0 aliphatic rings. The first-order chi connectivity index (χ1) is 10.8. The van der Waals surface area contributed by atoms with Crippen LogP contribution in [0.2, 0.25) is 0 Å². The van der Waals surface area contributed by atoms with Crippen molar-refractivity contribution in [1.29, 1.82) is 0 Å². The van der Waals surface area contributed by atoms with Gasteiger partial charge >= 0.3 is 6.16 Å². The minimum atomic E-state index is -0.721. The third-order valence-electron chi connectivity index (χ3n) is 2.28. The highest BCUT2D eigenvalue weighted by Gasteiger charge is 2.02. The molecule has 0 heterocycles. The lowest BCUT2D eigenvalue weighted by Crippen LogP contribution is -2.16. The zero-order valence-electron chi connectivity index (χ0n) is 13.5. The van der Waals surface area contributed by atoms with Crippen molar-refractivity contribution in [1.82, 2.24) is 0 Å². The van der Waals surface area contributed by atoms with E-state index in [1.165, 1.54) is 7.11 Å². The number of hydrogen-bond acceptors (Lipinski definition) is 8. The molecule has 0 unspecified atom stereocenters. The molecule has 22 heavy (non-hydrogen) atoms. The molecular formula is C14H28O8. The lowest BCUT2D eigenvalue weighted by Gasteiger charge is -2.08. The highest BCUT2D eigenvalue weighted by atomic mass is 16.7. The third-order valence-corrected chi connectivity index (χ3v) is 2.28. The van der Waals surface area contributed by atoms with Crippen molar-refractivity contribution in [2.75, 3.05) is 79.8 Å². The summed E-state index contributed by atoms with van der Waals surface area (Å²) in [5.41, 5.74) is 0. The highest BCUT2D eigenvalue weighted by molar-refractivity contribution is 5.59. The van der Waals surface area contributed by atoms with Crippen molar-refractivity contribution < 1.29 is 38.0 Å². The van der Waals surface area contributed by atoms with Crippen LogP contribution in [0.5, 0.6) is 0 Å². The molecule has 0 atom stereocenters. The van der Waals surface area contributed by atoms with Gasteiger partial charge in [-0.1, -0.05) is 0 Å². The lowest BCUT2D eigenvalue weighted by atomic mass is 10.7. The first-order valence-electron chi connectivity index (χ1n) is 7.40. The van der Waals surface area contributed by atoms with Crippen molar-refractivity contribution in [3.05, 3.63) is 0 Å².